The van der Waals surface area contributed by atoms with Crippen LogP contribution in [0.5, 0.6) is 5.75 Å². The highest BCUT2D eigenvalue weighted by molar-refractivity contribution is 6.30. The molecule has 0 bridgehead atoms. The van der Waals surface area contributed by atoms with Gasteiger partial charge in [0.1, 0.15) is 11.1 Å². The predicted molar refractivity (Wildman–Crippen MR) is 113 cm³/mol. The molecule has 1 amide bonds. The predicted octanol–water partition coefficient (Wildman–Crippen LogP) is 4.70. The third kappa shape index (κ3) is 5.17. The third-order valence-electron chi connectivity index (χ3n) is 4.63. The van der Waals surface area contributed by atoms with Gasteiger partial charge >= 0.3 is 0 Å². The van der Waals surface area contributed by atoms with Gasteiger partial charge in [-0.25, -0.2) is 0 Å². The summed E-state index contributed by atoms with van der Waals surface area (Å²) in [6.07, 6.45) is 2.03. The number of aromatic nitrogens is 1. The fraction of sp³-hybridized carbons (Fsp3) is 0.261. The second-order valence-corrected chi connectivity index (χ2v) is 7.43. The van der Waals surface area contributed by atoms with E-state index in [-0.39, 0.29) is 5.91 Å². The van der Waals surface area contributed by atoms with Gasteiger partial charge in [-0.05, 0) is 42.3 Å². The lowest BCUT2D eigenvalue weighted by atomic mass is 10.2. The number of amides is 1. The molecule has 1 atom stereocenters. The summed E-state index contributed by atoms with van der Waals surface area (Å²) in [5, 5.41) is -0.564. The maximum absolute atomic E-state index is 12.7. The molecule has 28 heavy (non-hydrogen) atoms. The van der Waals surface area contributed by atoms with Crippen molar-refractivity contribution in [3.63, 3.8) is 0 Å². The van der Waals surface area contributed by atoms with Crippen molar-refractivity contribution in [3.05, 3.63) is 89.7 Å². The summed E-state index contributed by atoms with van der Waals surface area (Å²) in [5.41, 5.74) is 3.28. The van der Waals surface area contributed by atoms with Crippen LogP contribution in [0.25, 0.3) is 0 Å². The minimum atomic E-state index is -0.564. The maximum Gasteiger partial charge on any atom is 0.240 e. The number of alkyl halides is 1. The zero-order valence-electron chi connectivity index (χ0n) is 16.2. The van der Waals surface area contributed by atoms with Crippen molar-refractivity contribution >= 4 is 17.5 Å². The van der Waals surface area contributed by atoms with Gasteiger partial charge in [0.2, 0.25) is 5.91 Å². The smallest absolute Gasteiger partial charge is 0.240 e. The SMILES string of the molecule is COc1cccc(Cn2cccc2CN(Cc2ccccc2)C(=O)C(C)Cl)c1. The Labute approximate surface area is 171 Å². The molecule has 146 valence electrons. The van der Waals surface area contributed by atoms with E-state index in [1.807, 2.05) is 71.8 Å². The molecule has 0 aliphatic carbocycles. The van der Waals surface area contributed by atoms with Gasteiger partial charge in [0.25, 0.3) is 0 Å². The summed E-state index contributed by atoms with van der Waals surface area (Å²) in [6.45, 7) is 3.46. The van der Waals surface area contributed by atoms with Crippen molar-refractivity contribution in [2.75, 3.05) is 7.11 Å². The molecule has 0 fully saturated rings. The Bertz CT molecular complexity index is 906. The summed E-state index contributed by atoms with van der Waals surface area (Å²) >= 11 is 6.12. The number of halogens is 1. The average Bonchev–Trinajstić information content (AvgIpc) is 3.14. The second-order valence-electron chi connectivity index (χ2n) is 6.77. The fourth-order valence-corrected chi connectivity index (χ4v) is 3.32. The van der Waals surface area contributed by atoms with E-state index in [0.717, 1.165) is 22.6 Å². The molecule has 0 radical (unpaired) electrons. The van der Waals surface area contributed by atoms with E-state index in [1.54, 1.807) is 14.0 Å². The Morgan fingerprint density at radius 1 is 1.04 bits per heavy atom. The molecule has 0 aliphatic rings. The Morgan fingerprint density at radius 3 is 2.50 bits per heavy atom. The van der Waals surface area contributed by atoms with Gasteiger partial charge in [0.15, 0.2) is 0 Å². The van der Waals surface area contributed by atoms with Crippen LogP contribution in [0.3, 0.4) is 0 Å². The first-order valence-corrected chi connectivity index (χ1v) is 9.74. The highest BCUT2D eigenvalue weighted by atomic mass is 35.5. The third-order valence-corrected chi connectivity index (χ3v) is 4.82. The number of methoxy groups -OCH3 is 1. The van der Waals surface area contributed by atoms with Crippen LogP contribution < -0.4 is 4.74 Å². The van der Waals surface area contributed by atoms with Crippen LogP contribution in [0.15, 0.2) is 72.9 Å². The molecule has 5 heteroatoms. The van der Waals surface area contributed by atoms with Gasteiger partial charge in [-0.2, -0.15) is 0 Å². The van der Waals surface area contributed by atoms with Gasteiger partial charge in [-0.3, -0.25) is 4.79 Å². The van der Waals surface area contributed by atoms with Gasteiger partial charge in [-0.15, -0.1) is 11.6 Å². The zero-order chi connectivity index (χ0) is 19.9. The zero-order valence-corrected chi connectivity index (χ0v) is 17.0. The summed E-state index contributed by atoms with van der Waals surface area (Å²) in [4.78, 5) is 14.5. The maximum atomic E-state index is 12.7. The van der Waals surface area contributed by atoms with E-state index in [4.69, 9.17) is 16.3 Å². The topological polar surface area (TPSA) is 34.5 Å². The second kappa shape index (κ2) is 9.47. The Kier molecular flexibility index (Phi) is 6.77. The van der Waals surface area contributed by atoms with Gasteiger partial charge in [0.05, 0.1) is 13.7 Å². The number of rotatable bonds is 8. The van der Waals surface area contributed by atoms with E-state index < -0.39 is 5.38 Å². The Balaban J connectivity index is 1.79. The molecule has 0 saturated heterocycles. The molecule has 3 aromatic rings. The van der Waals surface area contributed by atoms with Crippen LogP contribution in [0.2, 0.25) is 0 Å². The molecule has 0 N–H and O–H groups in total. The molecular formula is C23H25ClN2O2. The first-order chi connectivity index (χ1) is 13.6. The quantitative estimate of drug-likeness (QED) is 0.517. The van der Waals surface area contributed by atoms with E-state index in [2.05, 4.69) is 10.6 Å². The van der Waals surface area contributed by atoms with Crippen molar-refractivity contribution in [2.45, 2.75) is 31.9 Å². The summed E-state index contributed by atoms with van der Waals surface area (Å²) in [7, 11) is 1.67. The van der Waals surface area contributed by atoms with Crippen LogP contribution >= 0.6 is 11.6 Å². The van der Waals surface area contributed by atoms with Crippen LogP contribution in [0, 0.1) is 0 Å². The average molecular weight is 397 g/mol. The minimum Gasteiger partial charge on any atom is -0.497 e. The first kappa shape index (κ1) is 20.0. The van der Waals surface area contributed by atoms with Crippen molar-refractivity contribution < 1.29 is 9.53 Å². The number of carbonyl (C=O) groups is 1. The fourth-order valence-electron chi connectivity index (χ4n) is 3.18. The Morgan fingerprint density at radius 2 is 1.79 bits per heavy atom. The van der Waals surface area contributed by atoms with E-state index in [0.29, 0.717) is 19.6 Å². The highest BCUT2D eigenvalue weighted by Gasteiger charge is 2.20. The lowest BCUT2D eigenvalue weighted by molar-refractivity contribution is -0.131. The van der Waals surface area contributed by atoms with Crippen LogP contribution in [0.4, 0.5) is 0 Å². The van der Waals surface area contributed by atoms with Crippen molar-refractivity contribution in [1.29, 1.82) is 0 Å². The first-order valence-electron chi connectivity index (χ1n) is 9.30. The van der Waals surface area contributed by atoms with Crippen LogP contribution in [0.1, 0.15) is 23.7 Å². The summed E-state index contributed by atoms with van der Waals surface area (Å²) < 4.78 is 7.47. The lowest BCUT2D eigenvalue weighted by Crippen LogP contribution is -2.35. The largest absolute Gasteiger partial charge is 0.497 e. The van der Waals surface area contributed by atoms with Crippen LogP contribution in [-0.2, 0) is 24.4 Å². The molecule has 1 unspecified atom stereocenters. The molecular weight excluding hydrogens is 372 g/mol. The van der Waals surface area contributed by atoms with E-state index in [1.165, 1.54) is 0 Å². The lowest BCUT2D eigenvalue weighted by Gasteiger charge is -2.25. The summed E-state index contributed by atoms with van der Waals surface area (Å²) in [6, 6.07) is 22.0. The molecule has 1 heterocycles. The van der Waals surface area contributed by atoms with Crippen molar-refractivity contribution in [1.82, 2.24) is 9.47 Å². The molecule has 4 nitrogen and oxygen atoms in total. The Hall–Kier alpha value is -2.72. The van der Waals surface area contributed by atoms with E-state index >= 15 is 0 Å². The number of hydrogen-bond donors (Lipinski definition) is 0. The molecule has 2 aromatic carbocycles. The van der Waals surface area contributed by atoms with Gasteiger partial charge in [-0.1, -0.05) is 42.5 Å². The van der Waals surface area contributed by atoms with Gasteiger partial charge in [0, 0.05) is 25.0 Å². The van der Waals surface area contributed by atoms with E-state index in [9.17, 15) is 4.79 Å². The van der Waals surface area contributed by atoms with Crippen molar-refractivity contribution in [2.24, 2.45) is 0 Å². The number of nitrogens with zero attached hydrogens (tertiary/aromatic N) is 2. The van der Waals surface area contributed by atoms with Gasteiger partial charge < -0.3 is 14.2 Å². The number of hydrogen-bond acceptors (Lipinski definition) is 2. The van der Waals surface area contributed by atoms with Crippen molar-refractivity contribution in [3.8, 4) is 5.75 Å². The normalized spacial score (nSPS) is 11.8. The number of carbonyl (C=O) groups excluding carboxylic acids is 1. The molecule has 0 saturated carbocycles. The minimum absolute atomic E-state index is 0.0698. The number of ether oxygens (including phenoxy) is 1. The molecule has 0 spiro atoms. The summed E-state index contributed by atoms with van der Waals surface area (Å²) in [5.74, 6) is 0.766. The number of benzene rings is 2. The standard InChI is InChI=1S/C23H25ClN2O2/c1-18(24)23(27)26(15-19-8-4-3-5-9-19)17-21-11-7-13-25(21)16-20-10-6-12-22(14-20)28-2/h3-14,18H,15-17H2,1-2H3. The molecule has 3 rings (SSSR count). The monoisotopic (exact) mass is 396 g/mol. The highest BCUT2D eigenvalue weighted by Crippen LogP contribution is 2.18. The molecule has 0 aliphatic heterocycles. The van der Waals surface area contributed by atoms with Crippen LogP contribution in [-0.4, -0.2) is 27.9 Å². The molecule has 1 aromatic heterocycles.